The van der Waals surface area contributed by atoms with Crippen LogP contribution in [-0.4, -0.2) is 9.97 Å². The number of H-pyrrole nitrogens is 1. The minimum Gasteiger partial charge on any atom is -0.472 e. The molecular weight excluding hydrogens is 220 g/mol. The van der Waals surface area contributed by atoms with Gasteiger partial charge in [0.2, 0.25) is 0 Å². The number of rotatable bonds is 2. The minimum absolute atomic E-state index is 0.577. The molecule has 0 aromatic carbocycles. The summed E-state index contributed by atoms with van der Waals surface area (Å²) in [5, 5.41) is 0. The van der Waals surface area contributed by atoms with Gasteiger partial charge < -0.3 is 9.40 Å². The fourth-order valence-electron chi connectivity index (χ4n) is 1.80. The number of furan rings is 1. The summed E-state index contributed by atoms with van der Waals surface area (Å²) in [6, 6.07) is 1.93. The normalized spacial score (nSPS) is 15.3. The molecule has 1 aliphatic carbocycles. The van der Waals surface area contributed by atoms with Crippen LogP contribution in [0.3, 0.4) is 0 Å². The maximum atomic E-state index is 5.29. The fourth-order valence-corrected chi connectivity index (χ4v) is 2.00. The van der Waals surface area contributed by atoms with Crippen molar-refractivity contribution in [3.8, 4) is 11.3 Å². The molecule has 2 aromatic heterocycles. The van der Waals surface area contributed by atoms with Crippen LogP contribution in [0.25, 0.3) is 11.3 Å². The molecule has 0 aliphatic heterocycles. The highest BCUT2D eigenvalue weighted by atomic mass is 32.1. The van der Waals surface area contributed by atoms with E-state index in [-0.39, 0.29) is 0 Å². The Kier molecular flexibility index (Phi) is 2.17. The van der Waals surface area contributed by atoms with E-state index < -0.39 is 0 Å². The molecule has 3 rings (SSSR count). The predicted molar refractivity (Wildman–Crippen MR) is 63.8 cm³/mol. The Morgan fingerprint density at radius 2 is 2.31 bits per heavy atom. The van der Waals surface area contributed by atoms with Crippen LogP contribution in [-0.2, 0) is 0 Å². The molecule has 2 heterocycles. The van der Waals surface area contributed by atoms with Crippen molar-refractivity contribution in [2.45, 2.75) is 25.7 Å². The highest BCUT2D eigenvalue weighted by Gasteiger charge is 2.26. The first kappa shape index (κ1) is 9.78. The van der Waals surface area contributed by atoms with Crippen LogP contribution in [0.15, 0.2) is 23.0 Å². The third kappa shape index (κ3) is 1.59. The highest BCUT2D eigenvalue weighted by molar-refractivity contribution is 7.71. The topological polar surface area (TPSA) is 41.8 Å². The number of hydrogen-bond donors (Lipinski definition) is 1. The SMILES string of the molecule is Cc1c(-c2ccoc2)[nH]c(C2CC2)nc1=S. The summed E-state index contributed by atoms with van der Waals surface area (Å²) in [5.41, 5.74) is 3.09. The fraction of sp³-hybridized carbons (Fsp3) is 0.333. The summed E-state index contributed by atoms with van der Waals surface area (Å²) in [4.78, 5) is 7.81. The summed E-state index contributed by atoms with van der Waals surface area (Å²) in [6.45, 7) is 1.99. The van der Waals surface area contributed by atoms with Gasteiger partial charge in [-0.1, -0.05) is 12.2 Å². The number of nitrogens with one attached hydrogen (secondary N) is 1. The van der Waals surface area contributed by atoms with Gasteiger partial charge in [0.15, 0.2) is 0 Å². The summed E-state index contributed by atoms with van der Waals surface area (Å²) in [6.07, 6.45) is 5.82. The van der Waals surface area contributed by atoms with Crippen molar-refractivity contribution in [1.82, 2.24) is 9.97 Å². The maximum absolute atomic E-state index is 5.29. The van der Waals surface area contributed by atoms with Gasteiger partial charge in [-0.15, -0.1) is 0 Å². The summed E-state index contributed by atoms with van der Waals surface area (Å²) < 4.78 is 5.80. The molecule has 1 aliphatic rings. The van der Waals surface area contributed by atoms with Crippen molar-refractivity contribution < 1.29 is 4.42 Å². The smallest absolute Gasteiger partial charge is 0.133 e. The zero-order valence-electron chi connectivity index (χ0n) is 8.99. The van der Waals surface area contributed by atoms with Gasteiger partial charge in [0, 0.05) is 17.0 Å². The molecule has 16 heavy (non-hydrogen) atoms. The van der Waals surface area contributed by atoms with Crippen LogP contribution in [0.1, 0.15) is 30.1 Å². The molecule has 0 unspecified atom stereocenters. The Morgan fingerprint density at radius 1 is 1.50 bits per heavy atom. The lowest BCUT2D eigenvalue weighted by molar-refractivity contribution is 0.568. The molecule has 1 saturated carbocycles. The van der Waals surface area contributed by atoms with Crippen molar-refractivity contribution in [3.05, 3.63) is 34.6 Å². The van der Waals surface area contributed by atoms with Gasteiger partial charge in [-0.25, -0.2) is 4.98 Å². The van der Waals surface area contributed by atoms with Crippen molar-refractivity contribution in [3.63, 3.8) is 0 Å². The number of hydrogen-bond acceptors (Lipinski definition) is 3. The number of nitrogens with zero attached hydrogens (tertiary/aromatic N) is 1. The van der Waals surface area contributed by atoms with E-state index in [2.05, 4.69) is 9.97 Å². The van der Waals surface area contributed by atoms with Crippen molar-refractivity contribution >= 4 is 12.2 Å². The van der Waals surface area contributed by atoms with Gasteiger partial charge >= 0.3 is 0 Å². The van der Waals surface area contributed by atoms with Crippen molar-refractivity contribution in [1.29, 1.82) is 0 Å². The van der Waals surface area contributed by atoms with Gasteiger partial charge in [-0.05, 0) is 25.8 Å². The Balaban J connectivity index is 2.19. The molecule has 0 bridgehead atoms. The lowest BCUT2D eigenvalue weighted by Gasteiger charge is -2.06. The molecule has 82 valence electrons. The Labute approximate surface area is 98.5 Å². The van der Waals surface area contributed by atoms with Gasteiger partial charge in [-0.3, -0.25) is 0 Å². The summed E-state index contributed by atoms with van der Waals surface area (Å²) in [5.74, 6) is 1.60. The predicted octanol–water partition coefficient (Wildman–Crippen LogP) is 3.59. The van der Waals surface area contributed by atoms with Gasteiger partial charge in [0.05, 0.1) is 18.2 Å². The second-order valence-electron chi connectivity index (χ2n) is 4.21. The molecule has 0 amide bonds. The lowest BCUT2D eigenvalue weighted by atomic mass is 10.1. The average Bonchev–Trinajstić information content (AvgIpc) is 2.98. The number of aromatic nitrogens is 2. The first-order chi connectivity index (χ1) is 7.75. The minimum atomic E-state index is 0.577. The second-order valence-corrected chi connectivity index (χ2v) is 4.60. The molecule has 0 atom stereocenters. The summed E-state index contributed by atoms with van der Waals surface area (Å²) in [7, 11) is 0. The summed E-state index contributed by atoms with van der Waals surface area (Å²) >= 11 is 5.29. The number of aromatic amines is 1. The Hall–Kier alpha value is -1.42. The van der Waals surface area contributed by atoms with Crippen LogP contribution < -0.4 is 0 Å². The van der Waals surface area contributed by atoms with E-state index in [0.29, 0.717) is 10.6 Å². The first-order valence-corrected chi connectivity index (χ1v) is 5.80. The van der Waals surface area contributed by atoms with Crippen LogP contribution in [0, 0.1) is 11.6 Å². The Bertz CT molecular complexity index is 567. The second kappa shape index (κ2) is 3.56. The van der Waals surface area contributed by atoms with Crippen LogP contribution in [0.5, 0.6) is 0 Å². The van der Waals surface area contributed by atoms with Crippen LogP contribution >= 0.6 is 12.2 Å². The van der Waals surface area contributed by atoms with Crippen molar-refractivity contribution in [2.24, 2.45) is 0 Å². The molecule has 0 saturated heterocycles. The lowest BCUT2D eigenvalue weighted by Crippen LogP contribution is -1.98. The van der Waals surface area contributed by atoms with E-state index in [1.54, 1.807) is 12.5 Å². The molecule has 0 radical (unpaired) electrons. The first-order valence-electron chi connectivity index (χ1n) is 5.39. The van der Waals surface area contributed by atoms with Crippen LogP contribution in [0.2, 0.25) is 0 Å². The monoisotopic (exact) mass is 232 g/mol. The van der Waals surface area contributed by atoms with E-state index >= 15 is 0 Å². The van der Waals surface area contributed by atoms with Gasteiger partial charge in [-0.2, -0.15) is 0 Å². The van der Waals surface area contributed by atoms with Gasteiger partial charge in [0.25, 0.3) is 0 Å². The molecule has 2 aromatic rings. The molecule has 4 heteroatoms. The zero-order valence-corrected chi connectivity index (χ0v) is 9.80. The quantitative estimate of drug-likeness (QED) is 0.804. The zero-order chi connectivity index (χ0) is 11.1. The van der Waals surface area contributed by atoms with Gasteiger partial charge in [0.1, 0.15) is 10.5 Å². The molecule has 1 N–H and O–H groups in total. The highest BCUT2D eigenvalue weighted by Crippen LogP contribution is 2.39. The van der Waals surface area contributed by atoms with Crippen LogP contribution in [0.4, 0.5) is 0 Å². The molecule has 3 nitrogen and oxygen atoms in total. The van der Waals surface area contributed by atoms with E-state index in [1.165, 1.54) is 12.8 Å². The molecular formula is C12H12N2OS. The van der Waals surface area contributed by atoms with E-state index in [9.17, 15) is 0 Å². The maximum Gasteiger partial charge on any atom is 0.133 e. The van der Waals surface area contributed by atoms with E-state index in [4.69, 9.17) is 16.6 Å². The van der Waals surface area contributed by atoms with Crippen molar-refractivity contribution in [2.75, 3.05) is 0 Å². The third-order valence-electron chi connectivity index (χ3n) is 2.94. The largest absolute Gasteiger partial charge is 0.472 e. The Morgan fingerprint density at radius 3 is 2.94 bits per heavy atom. The van der Waals surface area contributed by atoms with E-state index in [1.807, 2.05) is 13.0 Å². The average molecular weight is 232 g/mol. The third-order valence-corrected chi connectivity index (χ3v) is 3.34. The molecule has 1 fully saturated rings. The molecule has 0 spiro atoms. The standard InChI is InChI=1S/C12H12N2OS/c1-7-10(9-4-5-15-6-9)13-11(8-2-3-8)14-12(7)16/h4-6,8H,2-3H2,1H3,(H,13,14,16). The van der Waals surface area contributed by atoms with E-state index in [0.717, 1.165) is 22.6 Å².